The van der Waals surface area contributed by atoms with Crippen molar-refractivity contribution in [2.24, 2.45) is 5.92 Å². The Morgan fingerprint density at radius 3 is 2.32 bits per heavy atom. The Morgan fingerprint density at radius 1 is 1.11 bits per heavy atom. The minimum absolute atomic E-state index is 0.167. The largest absolute Gasteiger partial charge is 0.481 e. The number of carbonyl (C=O) groups is 2. The number of amides is 1. The van der Waals surface area contributed by atoms with Gasteiger partial charge in [-0.25, -0.2) is 0 Å². The number of hydrogen-bond donors (Lipinski definition) is 2. The third-order valence-electron chi connectivity index (χ3n) is 4.33. The molecule has 0 aromatic carbocycles. The van der Waals surface area contributed by atoms with Crippen LogP contribution in [0.4, 0.5) is 0 Å². The topological polar surface area (TPSA) is 69.6 Å². The molecule has 0 unspecified atom stereocenters. The summed E-state index contributed by atoms with van der Waals surface area (Å²) in [5.74, 6) is -0.322. The molecule has 1 aliphatic heterocycles. The van der Waals surface area contributed by atoms with Gasteiger partial charge in [0.1, 0.15) is 0 Å². The maximum atomic E-state index is 12.0. The standard InChI is InChI=1S/C14H24N2O3/c17-13(10-15-12-3-1-2-4-12)16-7-5-11(6-8-16)9-14(18)19/h11-12,15H,1-10H2,(H,18,19). The number of likely N-dealkylation sites (tertiary alicyclic amines) is 1. The van der Waals surface area contributed by atoms with Crippen molar-refractivity contribution in [3.8, 4) is 0 Å². The molecule has 2 N–H and O–H groups in total. The van der Waals surface area contributed by atoms with Crippen molar-refractivity contribution >= 4 is 11.9 Å². The Balaban J connectivity index is 1.65. The first-order chi connectivity index (χ1) is 9.15. The van der Waals surface area contributed by atoms with Crippen LogP contribution in [0, 0.1) is 5.92 Å². The second kappa shape index (κ2) is 6.89. The summed E-state index contributed by atoms with van der Waals surface area (Å²) in [7, 11) is 0. The van der Waals surface area contributed by atoms with E-state index in [0.717, 1.165) is 12.8 Å². The smallest absolute Gasteiger partial charge is 0.303 e. The fourth-order valence-corrected chi connectivity index (χ4v) is 3.11. The Hall–Kier alpha value is -1.10. The van der Waals surface area contributed by atoms with Gasteiger partial charge in [0, 0.05) is 25.6 Å². The molecule has 0 spiro atoms. The van der Waals surface area contributed by atoms with Gasteiger partial charge in [0.05, 0.1) is 6.54 Å². The van der Waals surface area contributed by atoms with E-state index < -0.39 is 5.97 Å². The van der Waals surface area contributed by atoms with Crippen LogP contribution in [0.1, 0.15) is 44.9 Å². The van der Waals surface area contributed by atoms with Crippen LogP contribution < -0.4 is 5.32 Å². The second-order valence-electron chi connectivity index (χ2n) is 5.78. The highest BCUT2D eigenvalue weighted by Crippen LogP contribution is 2.21. The van der Waals surface area contributed by atoms with E-state index in [9.17, 15) is 9.59 Å². The summed E-state index contributed by atoms with van der Waals surface area (Å²) in [6.07, 6.45) is 6.80. The number of nitrogens with one attached hydrogen (secondary N) is 1. The first-order valence-electron chi connectivity index (χ1n) is 7.38. The summed E-state index contributed by atoms with van der Waals surface area (Å²) in [6.45, 7) is 1.86. The first kappa shape index (κ1) is 14.3. The quantitative estimate of drug-likeness (QED) is 0.787. The van der Waals surface area contributed by atoms with Gasteiger partial charge in [0.15, 0.2) is 0 Å². The van der Waals surface area contributed by atoms with Crippen molar-refractivity contribution in [3.63, 3.8) is 0 Å². The van der Waals surface area contributed by atoms with Crippen LogP contribution in [-0.2, 0) is 9.59 Å². The molecule has 5 nitrogen and oxygen atoms in total. The summed E-state index contributed by atoms with van der Waals surface area (Å²) in [5.41, 5.74) is 0. The molecule has 2 fully saturated rings. The van der Waals surface area contributed by atoms with E-state index >= 15 is 0 Å². The highest BCUT2D eigenvalue weighted by molar-refractivity contribution is 5.78. The Morgan fingerprint density at radius 2 is 1.74 bits per heavy atom. The third-order valence-corrected chi connectivity index (χ3v) is 4.33. The Labute approximate surface area is 114 Å². The number of nitrogens with zero attached hydrogens (tertiary/aromatic N) is 1. The predicted molar refractivity (Wildman–Crippen MR) is 71.8 cm³/mol. The number of aliphatic carboxylic acids is 1. The lowest BCUT2D eigenvalue weighted by atomic mass is 9.93. The number of piperidine rings is 1. The molecule has 2 rings (SSSR count). The molecular weight excluding hydrogens is 244 g/mol. The zero-order valence-electron chi connectivity index (χ0n) is 11.4. The van der Waals surface area contributed by atoms with E-state index in [1.807, 2.05) is 4.90 Å². The molecule has 0 aromatic rings. The lowest BCUT2D eigenvalue weighted by molar-refractivity contribution is -0.138. The molecule has 1 saturated heterocycles. The molecule has 0 radical (unpaired) electrons. The Bertz CT molecular complexity index is 319. The summed E-state index contributed by atoms with van der Waals surface area (Å²) in [6, 6.07) is 0.522. The van der Waals surface area contributed by atoms with E-state index in [1.54, 1.807) is 0 Å². The molecule has 5 heteroatoms. The van der Waals surface area contributed by atoms with Gasteiger partial charge in [-0.1, -0.05) is 12.8 Å². The van der Waals surface area contributed by atoms with Crippen LogP contribution in [0.15, 0.2) is 0 Å². The average molecular weight is 268 g/mol. The van der Waals surface area contributed by atoms with Gasteiger partial charge in [-0.05, 0) is 31.6 Å². The van der Waals surface area contributed by atoms with E-state index in [2.05, 4.69) is 5.32 Å². The second-order valence-corrected chi connectivity index (χ2v) is 5.78. The van der Waals surface area contributed by atoms with Crippen molar-refractivity contribution < 1.29 is 14.7 Å². The fourth-order valence-electron chi connectivity index (χ4n) is 3.11. The summed E-state index contributed by atoms with van der Waals surface area (Å²) in [4.78, 5) is 24.5. The van der Waals surface area contributed by atoms with E-state index in [-0.39, 0.29) is 18.2 Å². The third kappa shape index (κ3) is 4.49. The monoisotopic (exact) mass is 268 g/mol. The maximum Gasteiger partial charge on any atom is 0.303 e. The summed E-state index contributed by atoms with van der Waals surface area (Å²) >= 11 is 0. The van der Waals surface area contributed by atoms with Gasteiger partial charge in [0.2, 0.25) is 5.91 Å². The van der Waals surface area contributed by atoms with E-state index in [0.29, 0.717) is 25.7 Å². The molecule has 108 valence electrons. The first-order valence-corrected chi connectivity index (χ1v) is 7.38. The van der Waals surface area contributed by atoms with E-state index in [1.165, 1.54) is 25.7 Å². The molecule has 1 amide bonds. The number of carboxylic acids is 1. The molecule has 1 aliphatic carbocycles. The summed E-state index contributed by atoms with van der Waals surface area (Å²) < 4.78 is 0. The van der Waals surface area contributed by atoms with Crippen molar-refractivity contribution in [1.82, 2.24) is 10.2 Å². The minimum atomic E-state index is -0.729. The molecular formula is C14H24N2O3. The van der Waals surface area contributed by atoms with Gasteiger partial charge in [-0.15, -0.1) is 0 Å². The predicted octanol–water partition coefficient (Wildman–Crippen LogP) is 1.23. The van der Waals surface area contributed by atoms with Crippen LogP contribution >= 0.6 is 0 Å². The number of rotatable bonds is 5. The molecule has 0 bridgehead atoms. The zero-order chi connectivity index (χ0) is 13.7. The number of carbonyl (C=O) groups excluding carboxylic acids is 1. The number of carboxylic acid groups (broad SMARTS) is 1. The lowest BCUT2D eigenvalue weighted by Crippen LogP contribution is -2.44. The van der Waals surface area contributed by atoms with Crippen LogP contribution in [0.5, 0.6) is 0 Å². The number of hydrogen-bond acceptors (Lipinski definition) is 3. The molecule has 19 heavy (non-hydrogen) atoms. The molecule has 2 aliphatic rings. The van der Waals surface area contributed by atoms with Gasteiger partial charge in [-0.2, -0.15) is 0 Å². The van der Waals surface area contributed by atoms with E-state index in [4.69, 9.17) is 5.11 Å². The van der Waals surface area contributed by atoms with Gasteiger partial charge in [-0.3, -0.25) is 9.59 Å². The maximum absolute atomic E-state index is 12.0. The molecule has 0 atom stereocenters. The van der Waals surface area contributed by atoms with Crippen molar-refractivity contribution in [1.29, 1.82) is 0 Å². The van der Waals surface area contributed by atoms with Crippen molar-refractivity contribution in [2.45, 2.75) is 51.0 Å². The highest BCUT2D eigenvalue weighted by atomic mass is 16.4. The molecule has 1 saturated carbocycles. The van der Waals surface area contributed by atoms with Gasteiger partial charge >= 0.3 is 5.97 Å². The molecule has 0 aromatic heterocycles. The minimum Gasteiger partial charge on any atom is -0.481 e. The van der Waals surface area contributed by atoms with Crippen LogP contribution in [-0.4, -0.2) is 47.6 Å². The van der Waals surface area contributed by atoms with Crippen LogP contribution in [0.25, 0.3) is 0 Å². The Kier molecular flexibility index (Phi) is 5.19. The summed E-state index contributed by atoms with van der Waals surface area (Å²) in [5, 5.41) is 12.1. The van der Waals surface area contributed by atoms with Crippen LogP contribution in [0.3, 0.4) is 0 Å². The zero-order valence-corrected chi connectivity index (χ0v) is 11.4. The normalized spacial score (nSPS) is 21.8. The van der Waals surface area contributed by atoms with Gasteiger partial charge < -0.3 is 15.3 Å². The van der Waals surface area contributed by atoms with Crippen molar-refractivity contribution in [3.05, 3.63) is 0 Å². The fraction of sp³-hybridized carbons (Fsp3) is 0.857. The lowest BCUT2D eigenvalue weighted by Gasteiger charge is -2.31. The van der Waals surface area contributed by atoms with Gasteiger partial charge in [0.25, 0.3) is 0 Å². The SMILES string of the molecule is O=C(O)CC1CCN(C(=O)CNC2CCCC2)CC1. The van der Waals surface area contributed by atoms with Crippen molar-refractivity contribution in [2.75, 3.05) is 19.6 Å². The van der Waals surface area contributed by atoms with Crippen LogP contribution in [0.2, 0.25) is 0 Å². The highest BCUT2D eigenvalue weighted by Gasteiger charge is 2.24. The average Bonchev–Trinajstić information content (AvgIpc) is 2.89. The molecule has 1 heterocycles.